The molecule has 214 valence electrons. The van der Waals surface area contributed by atoms with E-state index in [1.165, 1.54) is 11.6 Å². The smallest absolute Gasteiger partial charge is 0.248 e. The van der Waals surface area contributed by atoms with Crippen molar-refractivity contribution >= 4 is 50.2 Å². The Morgan fingerprint density at radius 2 is 1.90 bits per heavy atom. The van der Waals surface area contributed by atoms with Crippen molar-refractivity contribution in [2.45, 2.75) is 46.0 Å². The van der Waals surface area contributed by atoms with Gasteiger partial charge in [-0.15, -0.1) is 0 Å². The second kappa shape index (κ2) is 11.8. The van der Waals surface area contributed by atoms with Crippen molar-refractivity contribution in [2.24, 2.45) is 0 Å². The van der Waals surface area contributed by atoms with Gasteiger partial charge in [0.1, 0.15) is 34.5 Å². The molecule has 1 aliphatic rings. The lowest BCUT2D eigenvalue weighted by molar-refractivity contribution is -0.137. The Morgan fingerprint density at radius 3 is 2.56 bits per heavy atom. The van der Waals surface area contributed by atoms with E-state index in [0.29, 0.717) is 21.3 Å². The number of likely N-dealkylation sites (tertiary alicyclic amines) is 1. The molecule has 0 saturated carbocycles. The Balaban J connectivity index is 0.00000387. The first-order valence-corrected chi connectivity index (χ1v) is 13.2. The van der Waals surface area contributed by atoms with Crippen LogP contribution >= 0.6 is 15.9 Å². The van der Waals surface area contributed by atoms with Crippen LogP contribution in [0.3, 0.4) is 0 Å². The predicted octanol–water partition coefficient (Wildman–Crippen LogP) is 3.74. The summed E-state index contributed by atoms with van der Waals surface area (Å²) in [6.07, 6.45) is 2.98. The van der Waals surface area contributed by atoms with Gasteiger partial charge in [0.05, 0.1) is 18.7 Å². The molecule has 1 saturated heterocycles. The minimum Gasteiger partial charge on any atom is -0.393 e. The Bertz CT molecular complexity index is 1630. The minimum absolute atomic E-state index is 0. The summed E-state index contributed by atoms with van der Waals surface area (Å²) in [5.41, 5.74) is 0.0553. The number of anilines is 1. The molecule has 1 aliphatic heterocycles. The Hall–Kier alpha value is -4.10. The molecule has 0 spiro atoms. The van der Waals surface area contributed by atoms with Crippen molar-refractivity contribution < 1.29 is 23.9 Å². The number of nitrogens with zero attached hydrogens (tertiary/aromatic N) is 6. The van der Waals surface area contributed by atoms with E-state index >= 15 is 4.39 Å². The largest absolute Gasteiger partial charge is 0.393 e. The molecule has 2 atom stereocenters. The number of hydrogen-bond acceptors (Lipinski definition) is 8. The van der Waals surface area contributed by atoms with E-state index in [9.17, 15) is 19.5 Å². The molecule has 11 nitrogen and oxygen atoms in total. The van der Waals surface area contributed by atoms with Crippen molar-refractivity contribution in [3.63, 3.8) is 0 Å². The summed E-state index contributed by atoms with van der Waals surface area (Å²) < 4.78 is 17.1. The van der Waals surface area contributed by atoms with Gasteiger partial charge in [-0.05, 0) is 52.7 Å². The van der Waals surface area contributed by atoms with Crippen LogP contribution in [0.1, 0.15) is 37.1 Å². The molecule has 4 heterocycles. The number of fused-ring (bicyclic) bond motifs is 1. The van der Waals surface area contributed by atoms with Crippen LogP contribution in [0.2, 0.25) is 0 Å². The summed E-state index contributed by atoms with van der Waals surface area (Å²) in [6, 6.07) is 9.05. The molecule has 0 aliphatic carbocycles. The summed E-state index contributed by atoms with van der Waals surface area (Å²) in [7, 11) is 0. The van der Waals surface area contributed by atoms with E-state index in [1.54, 1.807) is 55.7 Å². The van der Waals surface area contributed by atoms with Crippen LogP contribution in [0.25, 0.3) is 22.0 Å². The Kier molecular flexibility index (Phi) is 8.59. The fourth-order valence-corrected chi connectivity index (χ4v) is 5.08. The molecule has 4 aromatic rings. The zero-order valence-electron chi connectivity index (χ0n) is 21.6. The van der Waals surface area contributed by atoms with Crippen molar-refractivity contribution in [2.75, 3.05) is 18.5 Å². The molecule has 41 heavy (non-hydrogen) atoms. The maximum atomic E-state index is 15.3. The topological polar surface area (TPSA) is 143 Å². The molecule has 1 aromatic carbocycles. The number of alkyl halides is 1. The lowest BCUT2D eigenvalue weighted by Crippen LogP contribution is -2.45. The van der Waals surface area contributed by atoms with Crippen LogP contribution in [-0.2, 0) is 16.1 Å². The molecule has 3 aromatic heterocycles. The molecular formula is C28H29BrFN7O4. The highest BCUT2D eigenvalue weighted by Gasteiger charge is 2.49. The van der Waals surface area contributed by atoms with E-state index in [2.05, 4.69) is 41.3 Å². The van der Waals surface area contributed by atoms with Crippen LogP contribution in [0.15, 0.2) is 53.4 Å². The number of aliphatic hydroxyl groups is 1. The summed E-state index contributed by atoms with van der Waals surface area (Å²) >= 11 is 3.23. The number of benzene rings is 1. The van der Waals surface area contributed by atoms with Gasteiger partial charge in [-0.2, -0.15) is 5.10 Å². The van der Waals surface area contributed by atoms with E-state index in [-0.39, 0.29) is 37.7 Å². The Labute approximate surface area is 243 Å². The minimum atomic E-state index is -2.15. The van der Waals surface area contributed by atoms with Gasteiger partial charge in [-0.25, -0.2) is 19.3 Å². The Morgan fingerprint density at radius 1 is 1.17 bits per heavy atom. The first-order valence-electron chi connectivity index (χ1n) is 12.4. The maximum Gasteiger partial charge on any atom is 0.248 e. The molecule has 0 radical (unpaired) electrons. The van der Waals surface area contributed by atoms with Gasteiger partial charge in [0.2, 0.25) is 11.8 Å². The molecular weight excluding hydrogens is 597 g/mol. The average Bonchev–Trinajstić information content (AvgIpc) is 3.47. The summed E-state index contributed by atoms with van der Waals surface area (Å²) in [5, 5.41) is 17.2. The third-order valence-electron chi connectivity index (χ3n) is 6.75. The molecule has 1 fully saturated rings. The number of amides is 2. The highest BCUT2D eigenvalue weighted by atomic mass is 79.9. The predicted molar refractivity (Wildman–Crippen MR) is 154 cm³/mol. The fraction of sp³-hybridized carbons (Fsp3) is 0.321. The van der Waals surface area contributed by atoms with Crippen molar-refractivity contribution in [1.82, 2.24) is 29.6 Å². The zero-order chi connectivity index (χ0) is 28.6. The van der Waals surface area contributed by atoms with Gasteiger partial charge in [0.15, 0.2) is 11.5 Å². The summed E-state index contributed by atoms with van der Waals surface area (Å²) in [4.78, 5) is 52.7. The second-order valence-electron chi connectivity index (χ2n) is 9.70. The monoisotopic (exact) mass is 625 g/mol. The molecule has 0 unspecified atom stereocenters. The third-order valence-corrected chi connectivity index (χ3v) is 7.19. The number of pyridine rings is 1. The van der Waals surface area contributed by atoms with Crippen LogP contribution in [-0.4, -0.2) is 77.2 Å². The number of carbonyl (C=O) groups is 3. The quantitative estimate of drug-likeness (QED) is 0.233. The number of rotatable bonds is 7. The van der Waals surface area contributed by atoms with E-state index in [4.69, 9.17) is 0 Å². The normalized spacial score (nSPS) is 18.3. The number of hydrogen-bond donors (Lipinski definition) is 2. The van der Waals surface area contributed by atoms with Crippen molar-refractivity contribution in [3.8, 4) is 11.1 Å². The van der Waals surface area contributed by atoms with Crippen LogP contribution in [0.5, 0.6) is 0 Å². The first kappa shape index (κ1) is 29.9. The van der Waals surface area contributed by atoms with Crippen LogP contribution in [0, 0.1) is 6.92 Å². The van der Waals surface area contributed by atoms with Crippen LogP contribution < -0.4 is 5.32 Å². The summed E-state index contributed by atoms with van der Waals surface area (Å²) in [5.74, 6) is -0.666. The maximum absolute atomic E-state index is 15.3. The van der Waals surface area contributed by atoms with E-state index in [1.807, 2.05) is 0 Å². The van der Waals surface area contributed by atoms with E-state index in [0.717, 1.165) is 16.0 Å². The lowest BCUT2D eigenvalue weighted by atomic mass is 10.0. The van der Waals surface area contributed by atoms with E-state index < -0.39 is 36.7 Å². The zero-order valence-corrected chi connectivity index (χ0v) is 23.2. The van der Waals surface area contributed by atoms with Crippen LogP contribution in [0.4, 0.5) is 10.2 Å². The number of ketones is 1. The van der Waals surface area contributed by atoms with Gasteiger partial charge < -0.3 is 15.3 Å². The van der Waals surface area contributed by atoms with Gasteiger partial charge in [-0.1, -0.05) is 19.6 Å². The standard InChI is InChI=1S/C27H25BrFN7O4.CH4/c1-15(38)25-19-8-17(18-10-30-16(2)31-11-18)6-7-20(19)36(34-25)12-24(39)35-13-27(29,14-37)9-21(35)26(40)33-23-5-3-4-22(28)32-23;/h3-8,10-11,21,37H,9,12-14H2,1-2H3,(H,32,33,40);1H4/t21-,27+;/m0./s1. The molecule has 5 rings (SSSR count). The van der Waals surface area contributed by atoms with Gasteiger partial charge in [0, 0.05) is 36.7 Å². The SMILES string of the molecule is C.CC(=O)c1nn(CC(=O)N2C[C@@](F)(CO)C[C@H]2C(=O)Nc2cccc(Br)n2)c2ccc(-c3cnc(C)nc3)cc12. The third kappa shape index (κ3) is 6.15. The number of nitrogens with one attached hydrogen (secondary N) is 1. The van der Waals surface area contributed by atoms with Gasteiger partial charge in [-0.3, -0.25) is 19.1 Å². The molecule has 2 N–H and O–H groups in total. The molecule has 13 heteroatoms. The second-order valence-corrected chi connectivity index (χ2v) is 10.5. The number of aliphatic hydroxyl groups excluding tert-OH is 1. The number of aromatic nitrogens is 5. The van der Waals surface area contributed by atoms with Crippen molar-refractivity contribution in [1.29, 1.82) is 0 Å². The highest BCUT2D eigenvalue weighted by Crippen LogP contribution is 2.32. The number of carbonyl (C=O) groups excluding carboxylic acids is 3. The van der Waals surface area contributed by atoms with Gasteiger partial charge >= 0.3 is 0 Å². The number of halogens is 2. The molecule has 2 amide bonds. The highest BCUT2D eigenvalue weighted by molar-refractivity contribution is 9.10. The lowest BCUT2D eigenvalue weighted by Gasteiger charge is -2.24. The fourth-order valence-electron chi connectivity index (χ4n) is 4.73. The molecule has 0 bridgehead atoms. The average molecular weight is 626 g/mol. The number of Topliss-reactive ketones (excluding diaryl/α,β-unsaturated/α-hetero) is 1. The van der Waals surface area contributed by atoms with Gasteiger partial charge in [0.25, 0.3) is 0 Å². The summed E-state index contributed by atoms with van der Waals surface area (Å²) in [6.45, 7) is 1.49. The number of aryl methyl sites for hydroxylation is 1. The first-order chi connectivity index (χ1) is 19.1. The van der Waals surface area contributed by atoms with Crippen molar-refractivity contribution in [3.05, 3.63) is 64.9 Å².